The number of carbonyl (C=O) groups excluding carboxylic acids is 1. The predicted octanol–water partition coefficient (Wildman–Crippen LogP) is 3.00. The molecule has 1 N–H and O–H groups in total. The molecule has 8 nitrogen and oxygen atoms in total. The number of carbonyl (C=O) groups is 1. The Hall–Kier alpha value is -3.96. The average molecular weight is 430 g/mol. The molecule has 1 atom stereocenters. The van der Waals surface area contributed by atoms with Crippen LogP contribution in [0.15, 0.2) is 59.0 Å². The number of aryl methyl sites for hydroxylation is 1. The van der Waals surface area contributed by atoms with Crippen molar-refractivity contribution in [3.63, 3.8) is 0 Å². The van der Waals surface area contributed by atoms with E-state index < -0.39 is 11.5 Å². The molecule has 1 amide bonds. The van der Waals surface area contributed by atoms with Gasteiger partial charge in [0.2, 0.25) is 5.88 Å². The zero-order valence-corrected chi connectivity index (χ0v) is 17.6. The van der Waals surface area contributed by atoms with E-state index in [9.17, 15) is 14.9 Å². The normalized spacial score (nSPS) is 16.0. The highest BCUT2D eigenvalue weighted by molar-refractivity contribution is 6.01. The molecule has 162 valence electrons. The van der Waals surface area contributed by atoms with Gasteiger partial charge in [-0.15, -0.1) is 0 Å². The Bertz CT molecular complexity index is 1280. The number of benzene rings is 1. The van der Waals surface area contributed by atoms with Gasteiger partial charge in [0.25, 0.3) is 11.5 Å². The van der Waals surface area contributed by atoms with Crippen LogP contribution in [0.1, 0.15) is 24.0 Å². The SMILES string of the molecule is Cc1cccc(Oc2nc3ccccn3c(=O)c2/C=C(\C#N)C(=O)NC[C@@H]2CCCO2)c1. The predicted molar refractivity (Wildman–Crippen MR) is 118 cm³/mol. The lowest BCUT2D eigenvalue weighted by molar-refractivity contribution is -0.117. The second-order valence-corrected chi connectivity index (χ2v) is 7.50. The van der Waals surface area contributed by atoms with Gasteiger partial charge in [0.1, 0.15) is 28.6 Å². The van der Waals surface area contributed by atoms with Crippen LogP contribution in [0.4, 0.5) is 0 Å². The summed E-state index contributed by atoms with van der Waals surface area (Å²) in [4.78, 5) is 30.2. The molecule has 0 aliphatic carbocycles. The third-order valence-electron chi connectivity index (χ3n) is 5.11. The zero-order valence-electron chi connectivity index (χ0n) is 17.6. The van der Waals surface area contributed by atoms with Crippen LogP contribution in [0.3, 0.4) is 0 Å². The molecular formula is C24H22N4O4. The summed E-state index contributed by atoms with van der Waals surface area (Å²) in [6.07, 6.45) is 4.54. The Labute approximate surface area is 184 Å². The Balaban J connectivity index is 1.73. The van der Waals surface area contributed by atoms with Crippen LogP contribution >= 0.6 is 0 Å². The molecule has 0 unspecified atom stereocenters. The lowest BCUT2D eigenvalue weighted by Crippen LogP contribution is -2.32. The highest BCUT2D eigenvalue weighted by Gasteiger charge is 2.20. The molecule has 1 aliphatic heterocycles. The maximum Gasteiger partial charge on any atom is 0.269 e. The zero-order chi connectivity index (χ0) is 22.5. The van der Waals surface area contributed by atoms with E-state index in [2.05, 4.69) is 10.3 Å². The minimum absolute atomic E-state index is 0.0130. The van der Waals surface area contributed by atoms with Crippen LogP contribution in [-0.4, -0.2) is 34.5 Å². The molecule has 32 heavy (non-hydrogen) atoms. The van der Waals surface area contributed by atoms with Crippen molar-refractivity contribution in [3.8, 4) is 17.7 Å². The highest BCUT2D eigenvalue weighted by atomic mass is 16.5. The van der Waals surface area contributed by atoms with E-state index in [1.165, 1.54) is 10.5 Å². The van der Waals surface area contributed by atoms with Crippen molar-refractivity contribution in [2.45, 2.75) is 25.9 Å². The number of nitrogens with one attached hydrogen (secondary N) is 1. The summed E-state index contributed by atoms with van der Waals surface area (Å²) in [7, 11) is 0. The summed E-state index contributed by atoms with van der Waals surface area (Å²) in [6.45, 7) is 2.89. The molecule has 0 spiro atoms. The van der Waals surface area contributed by atoms with Gasteiger partial charge in [0.15, 0.2) is 0 Å². The van der Waals surface area contributed by atoms with Gasteiger partial charge in [-0.3, -0.25) is 14.0 Å². The van der Waals surface area contributed by atoms with Gasteiger partial charge < -0.3 is 14.8 Å². The van der Waals surface area contributed by atoms with E-state index in [0.29, 0.717) is 24.5 Å². The molecule has 0 saturated carbocycles. The Morgan fingerprint density at radius 1 is 1.38 bits per heavy atom. The lowest BCUT2D eigenvalue weighted by atomic mass is 10.1. The van der Waals surface area contributed by atoms with Gasteiger partial charge >= 0.3 is 0 Å². The van der Waals surface area contributed by atoms with Gasteiger partial charge in [-0.25, -0.2) is 0 Å². The average Bonchev–Trinajstić information content (AvgIpc) is 3.31. The Kier molecular flexibility index (Phi) is 6.29. The van der Waals surface area contributed by atoms with E-state index >= 15 is 0 Å². The van der Waals surface area contributed by atoms with Crippen molar-refractivity contribution in [2.24, 2.45) is 0 Å². The quantitative estimate of drug-likeness (QED) is 0.476. The third-order valence-corrected chi connectivity index (χ3v) is 5.11. The van der Waals surface area contributed by atoms with Gasteiger partial charge in [-0.2, -0.15) is 10.2 Å². The van der Waals surface area contributed by atoms with Gasteiger partial charge in [0.05, 0.1) is 6.10 Å². The molecule has 8 heteroatoms. The van der Waals surface area contributed by atoms with Gasteiger partial charge in [0, 0.05) is 19.3 Å². The number of fused-ring (bicyclic) bond motifs is 1. The number of nitriles is 1. The smallest absolute Gasteiger partial charge is 0.269 e. The van der Waals surface area contributed by atoms with Crippen molar-refractivity contribution in [1.82, 2.24) is 14.7 Å². The molecule has 0 bridgehead atoms. The minimum Gasteiger partial charge on any atom is -0.438 e. The molecular weight excluding hydrogens is 408 g/mol. The van der Waals surface area contributed by atoms with Crippen LogP contribution < -0.4 is 15.6 Å². The second kappa shape index (κ2) is 9.45. The van der Waals surface area contributed by atoms with Crippen molar-refractivity contribution >= 4 is 17.6 Å². The number of ether oxygens (including phenoxy) is 2. The van der Waals surface area contributed by atoms with E-state index in [-0.39, 0.29) is 23.1 Å². The van der Waals surface area contributed by atoms with Crippen molar-refractivity contribution in [1.29, 1.82) is 5.26 Å². The molecule has 1 saturated heterocycles. The first-order chi connectivity index (χ1) is 15.5. The highest BCUT2D eigenvalue weighted by Crippen LogP contribution is 2.24. The molecule has 1 aromatic carbocycles. The van der Waals surface area contributed by atoms with Gasteiger partial charge in [-0.05, 0) is 55.7 Å². The first-order valence-corrected chi connectivity index (χ1v) is 10.3. The van der Waals surface area contributed by atoms with Crippen LogP contribution in [0, 0.1) is 18.3 Å². The first-order valence-electron chi connectivity index (χ1n) is 10.3. The summed E-state index contributed by atoms with van der Waals surface area (Å²) in [5, 5.41) is 12.3. The third kappa shape index (κ3) is 4.68. The topological polar surface area (TPSA) is 106 Å². The van der Waals surface area contributed by atoms with Crippen molar-refractivity contribution in [3.05, 3.63) is 75.7 Å². The number of hydrogen-bond donors (Lipinski definition) is 1. The molecule has 3 heterocycles. The number of hydrogen-bond acceptors (Lipinski definition) is 6. The fraction of sp³-hybridized carbons (Fsp3) is 0.250. The number of nitrogens with zero attached hydrogens (tertiary/aromatic N) is 3. The molecule has 4 rings (SSSR count). The van der Waals surface area contributed by atoms with E-state index in [1.54, 1.807) is 30.5 Å². The van der Waals surface area contributed by atoms with Crippen molar-refractivity contribution < 1.29 is 14.3 Å². The summed E-state index contributed by atoms with van der Waals surface area (Å²) in [5.74, 6) is -0.0679. The molecule has 1 aliphatic rings. The Morgan fingerprint density at radius 3 is 3.00 bits per heavy atom. The lowest BCUT2D eigenvalue weighted by Gasteiger charge is -2.12. The number of aromatic nitrogens is 2. The summed E-state index contributed by atoms with van der Waals surface area (Å²) in [5.41, 5.74) is 0.714. The second-order valence-electron chi connectivity index (χ2n) is 7.50. The van der Waals surface area contributed by atoms with Crippen molar-refractivity contribution in [2.75, 3.05) is 13.2 Å². The van der Waals surface area contributed by atoms with Crippen LogP contribution in [0.5, 0.6) is 11.6 Å². The molecule has 3 aromatic rings. The molecule has 1 fully saturated rings. The number of amides is 1. The maximum absolute atomic E-state index is 13.2. The largest absolute Gasteiger partial charge is 0.438 e. The van der Waals surface area contributed by atoms with Gasteiger partial charge in [-0.1, -0.05) is 18.2 Å². The minimum atomic E-state index is -0.581. The van der Waals surface area contributed by atoms with E-state index in [4.69, 9.17) is 9.47 Å². The maximum atomic E-state index is 13.2. The summed E-state index contributed by atoms with van der Waals surface area (Å²) >= 11 is 0. The fourth-order valence-corrected chi connectivity index (χ4v) is 3.47. The van der Waals surface area contributed by atoms with E-state index in [0.717, 1.165) is 18.4 Å². The number of pyridine rings is 1. The summed E-state index contributed by atoms with van der Waals surface area (Å²) < 4.78 is 12.8. The van der Waals surface area contributed by atoms with E-state index in [1.807, 2.05) is 31.2 Å². The van der Waals surface area contributed by atoms with Crippen LogP contribution in [-0.2, 0) is 9.53 Å². The van der Waals surface area contributed by atoms with Crippen LogP contribution in [0.25, 0.3) is 11.7 Å². The number of rotatable bonds is 6. The van der Waals surface area contributed by atoms with Crippen LogP contribution in [0.2, 0.25) is 0 Å². The summed E-state index contributed by atoms with van der Waals surface area (Å²) in [6, 6.07) is 14.3. The first kappa shape index (κ1) is 21.3. The molecule has 0 radical (unpaired) electrons. The standard InChI is InChI=1S/C24H22N4O4/c1-16-6-4-7-18(12-16)32-23-20(24(30)28-10-3-2-9-21(28)27-23)13-17(14-25)22(29)26-15-19-8-5-11-31-19/h2-4,6-7,9-10,12-13,19H,5,8,11,15H2,1H3,(H,26,29)/b17-13+/t19-/m0/s1. The Morgan fingerprint density at radius 2 is 2.25 bits per heavy atom. The monoisotopic (exact) mass is 430 g/mol. The molecule has 2 aromatic heterocycles. The fourth-order valence-electron chi connectivity index (χ4n) is 3.47.